The lowest BCUT2D eigenvalue weighted by atomic mass is 9.72. The fraction of sp³-hybridized carbons (Fsp3) is 0.400. The van der Waals surface area contributed by atoms with E-state index in [9.17, 15) is 17.2 Å². The minimum atomic E-state index is -3.75. The van der Waals surface area contributed by atoms with Crippen LogP contribution in [0.2, 0.25) is 10.0 Å². The molecule has 4 nitrogen and oxygen atoms in total. The number of nitrogens with zero attached hydrogens (tertiary/aromatic N) is 1. The number of hydrogen-bond acceptors (Lipinski definition) is 4. The third-order valence-corrected chi connectivity index (χ3v) is 10.2. The fourth-order valence-corrected chi connectivity index (χ4v) is 8.15. The molecule has 2 atom stereocenters. The molecule has 1 saturated carbocycles. The topological polar surface area (TPSA) is 49.4 Å². The number of halogens is 4. The zero-order valence-corrected chi connectivity index (χ0v) is 24.2. The van der Waals surface area contributed by atoms with Gasteiger partial charge in [-0.05, 0) is 78.8 Å². The van der Waals surface area contributed by atoms with Crippen LogP contribution in [0.3, 0.4) is 0 Å². The second-order valence-corrected chi connectivity index (χ2v) is 14.2. The van der Waals surface area contributed by atoms with Crippen LogP contribution in [0.5, 0.6) is 0 Å². The quantitative estimate of drug-likeness (QED) is 0.280. The van der Waals surface area contributed by atoms with Gasteiger partial charge in [-0.1, -0.05) is 47.5 Å². The van der Waals surface area contributed by atoms with Crippen molar-refractivity contribution in [3.63, 3.8) is 0 Å². The highest BCUT2D eigenvalue weighted by atomic mass is 35.5. The summed E-state index contributed by atoms with van der Waals surface area (Å²) in [6, 6.07) is 18.3. The Morgan fingerprint density at radius 2 is 1.38 bits per heavy atom. The van der Waals surface area contributed by atoms with Crippen molar-refractivity contribution in [1.29, 1.82) is 0 Å². The first-order chi connectivity index (χ1) is 18.4. The van der Waals surface area contributed by atoms with Gasteiger partial charge in [0.25, 0.3) is 0 Å². The van der Waals surface area contributed by atoms with Crippen molar-refractivity contribution in [3.8, 4) is 0 Å². The molecule has 5 rings (SSSR count). The Labute approximate surface area is 239 Å². The second kappa shape index (κ2) is 11.1. The number of nitrogens with one attached hydrogen (secondary N) is 1. The van der Waals surface area contributed by atoms with Crippen molar-refractivity contribution in [2.45, 2.75) is 37.1 Å². The van der Waals surface area contributed by atoms with E-state index < -0.39 is 32.1 Å². The van der Waals surface area contributed by atoms with Crippen molar-refractivity contribution in [2.24, 2.45) is 11.3 Å². The van der Waals surface area contributed by atoms with E-state index in [1.54, 1.807) is 0 Å². The van der Waals surface area contributed by atoms with Crippen LogP contribution < -0.4 is 5.32 Å². The lowest BCUT2D eigenvalue weighted by Crippen LogP contribution is -2.65. The molecular formula is C30H32Cl2F2N2O2S. The molecule has 0 amide bonds. The highest BCUT2D eigenvalue weighted by molar-refractivity contribution is 7.91. The average Bonchev–Trinajstić information content (AvgIpc) is 3.68. The van der Waals surface area contributed by atoms with Crippen molar-refractivity contribution in [3.05, 3.63) is 105 Å². The Bertz CT molecular complexity index is 1360. The second-order valence-electron chi connectivity index (χ2n) is 11.2. The number of hydrogen-bond donors (Lipinski definition) is 1. The van der Waals surface area contributed by atoms with E-state index in [1.165, 1.54) is 0 Å². The van der Waals surface area contributed by atoms with E-state index >= 15 is 0 Å². The first-order valence-corrected chi connectivity index (χ1v) is 15.8. The van der Waals surface area contributed by atoms with E-state index in [-0.39, 0.29) is 17.6 Å². The van der Waals surface area contributed by atoms with Crippen molar-refractivity contribution >= 4 is 33.0 Å². The van der Waals surface area contributed by atoms with E-state index in [2.05, 4.69) is 17.1 Å². The van der Waals surface area contributed by atoms with Gasteiger partial charge in [0.05, 0.1) is 11.3 Å². The van der Waals surface area contributed by atoms with Crippen LogP contribution >= 0.6 is 23.2 Å². The lowest BCUT2D eigenvalue weighted by molar-refractivity contribution is -0.0263. The van der Waals surface area contributed by atoms with Crippen LogP contribution in [0.4, 0.5) is 8.78 Å². The summed E-state index contributed by atoms with van der Waals surface area (Å²) < 4.78 is 55.4. The predicted molar refractivity (Wildman–Crippen MR) is 153 cm³/mol. The van der Waals surface area contributed by atoms with Gasteiger partial charge in [-0.3, -0.25) is 4.90 Å². The molecule has 1 heterocycles. The van der Waals surface area contributed by atoms with Crippen LogP contribution in [0.25, 0.3) is 0 Å². The number of benzene rings is 3. The molecule has 3 aromatic carbocycles. The fourth-order valence-electron chi connectivity index (χ4n) is 6.13. The molecule has 2 fully saturated rings. The summed E-state index contributed by atoms with van der Waals surface area (Å²) in [5, 5.41) is 3.74. The Balaban J connectivity index is 1.54. The standard InChI is InChI=1S/C30H32Cl2F2N2O2S/c1-19(20-3-4-20)35-16-30(29(39(2,37)38)23-13-26(33)15-27(34)14-23)17-36(18-30)28(21-5-9-24(31)10-6-21)22-7-11-25(32)12-8-22/h5-15,19-20,28-29,35H,3-4,16-18H2,1-2H3. The molecule has 1 aliphatic carbocycles. The van der Waals surface area contributed by atoms with Gasteiger partial charge in [-0.25, -0.2) is 17.2 Å². The smallest absolute Gasteiger partial charge is 0.155 e. The lowest BCUT2D eigenvalue weighted by Gasteiger charge is -2.57. The average molecular weight is 594 g/mol. The van der Waals surface area contributed by atoms with Gasteiger partial charge in [-0.15, -0.1) is 0 Å². The number of likely N-dealkylation sites (tertiary alicyclic amines) is 1. The summed E-state index contributed by atoms with van der Waals surface area (Å²) in [5.74, 6) is -1.01. The highest BCUT2D eigenvalue weighted by Crippen LogP contribution is 2.50. The summed E-state index contributed by atoms with van der Waals surface area (Å²) in [5.41, 5.74) is 1.35. The molecule has 2 unspecified atom stereocenters. The van der Waals surface area contributed by atoms with Gasteiger partial charge in [0, 0.05) is 53.5 Å². The molecule has 3 aromatic rings. The van der Waals surface area contributed by atoms with Crippen molar-refractivity contribution < 1.29 is 17.2 Å². The van der Waals surface area contributed by atoms with Crippen LogP contribution in [-0.2, 0) is 9.84 Å². The van der Waals surface area contributed by atoms with Gasteiger partial charge >= 0.3 is 0 Å². The third kappa shape index (κ3) is 6.33. The molecular weight excluding hydrogens is 561 g/mol. The monoisotopic (exact) mass is 592 g/mol. The van der Waals surface area contributed by atoms with E-state index in [0.717, 1.165) is 48.4 Å². The summed E-state index contributed by atoms with van der Waals surface area (Å²) in [4.78, 5) is 2.21. The van der Waals surface area contributed by atoms with Crippen LogP contribution in [0, 0.1) is 23.0 Å². The summed E-state index contributed by atoms with van der Waals surface area (Å²) in [7, 11) is -3.75. The van der Waals surface area contributed by atoms with E-state index in [0.29, 0.717) is 35.6 Å². The SMILES string of the molecule is CC(NCC1(C(c2cc(F)cc(F)c2)S(C)(=O)=O)CN(C(c2ccc(Cl)cc2)c2ccc(Cl)cc2)C1)C1CC1. The van der Waals surface area contributed by atoms with Gasteiger partial charge in [0.1, 0.15) is 11.6 Å². The molecule has 2 aliphatic rings. The van der Waals surface area contributed by atoms with Crippen molar-refractivity contribution in [1.82, 2.24) is 10.2 Å². The molecule has 39 heavy (non-hydrogen) atoms. The number of rotatable bonds is 10. The van der Waals surface area contributed by atoms with Gasteiger partial charge < -0.3 is 5.32 Å². The number of sulfone groups is 1. The molecule has 9 heteroatoms. The van der Waals surface area contributed by atoms with Crippen molar-refractivity contribution in [2.75, 3.05) is 25.9 Å². The highest BCUT2D eigenvalue weighted by Gasteiger charge is 2.55. The molecule has 0 bridgehead atoms. The molecule has 1 aliphatic heterocycles. The summed E-state index contributed by atoms with van der Waals surface area (Å²) in [6.45, 7) is 3.33. The summed E-state index contributed by atoms with van der Waals surface area (Å²) in [6.07, 6.45) is 3.45. The van der Waals surface area contributed by atoms with Crippen LogP contribution in [0.15, 0.2) is 66.7 Å². The molecule has 1 N–H and O–H groups in total. The minimum absolute atomic E-state index is 0.144. The molecule has 208 valence electrons. The minimum Gasteiger partial charge on any atom is -0.313 e. The third-order valence-electron chi connectivity index (χ3n) is 8.05. The first-order valence-electron chi connectivity index (χ1n) is 13.1. The normalized spacial score (nSPS) is 19.1. The van der Waals surface area contributed by atoms with Gasteiger partial charge in [0.2, 0.25) is 0 Å². The van der Waals surface area contributed by atoms with Gasteiger partial charge in [0.15, 0.2) is 9.84 Å². The Kier molecular flexibility index (Phi) is 8.11. The Morgan fingerprint density at radius 3 is 1.82 bits per heavy atom. The first kappa shape index (κ1) is 28.5. The zero-order chi connectivity index (χ0) is 27.9. The Hall–Kier alpha value is -2.03. The van der Waals surface area contributed by atoms with Crippen LogP contribution in [0.1, 0.15) is 47.7 Å². The maximum absolute atomic E-state index is 14.3. The van der Waals surface area contributed by atoms with E-state index in [1.807, 2.05) is 48.5 Å². The predicted octanol–water partition coefficient (Wildman–Crippen LogP) is 6.84. The summed E-state index contributed by atoms with van der Waals surface area (Å²) >= 11 is 12.4. The largest absolute Gasteiger partial charge is 0.313 e. The van der Waals surface area contributed by atoms with E-state index in [4.69, 9.17) is 23.2 Å². The molecule has 1 saturated heterocycles. The van der Waals surface area contributed by atoms with Crippen LogP contribution in [-0.4, -0.2) is 45.2 Å². The van der Waals surface area contributed by atoms with Gasteiger partial charge in [-0.2, -0.15) is 0 Å². The molecule has 0 aromatic heterocycles. The Morgan fingerprint density at radius 1 is 0.897 bits per heavy atom. The molecule has 0 radical (unpaired) electrons. The molecule has 0 spiro atoms. The maximum Gasteiger partial charge on any atom is 0.155 e. The maximum atomic E-state index is 14.3. The zero-order valence-electron chi connectivity index (χ0n) is 21.9.